The van der Waals surface area contributed by atoms with Crippen LogP contribution < -0.4 is 20.9 Å². The van der Waals surface area contributed by atoms with E-state index in [0.717, 1.165) is 5.56 Å². The van der Waals surface area contributed by atoms with Crippen LogP contribution in [0.1, 0.15) is 5.56 Å². The topological polar surface area (TPSA) is 102 Å². The van der Waals surface area contributed by atoms with Crippen LogP contribution in [0, 0.1) is 0 Å². The maximum atomic E-state index is 12.9. The Kier molecular flexibility index (Phi) is 7.65. The van der Waals surface area contributed by atoms with Crippen LogP contribution in [0.2, 0.25) is 5.02 Å². The fraction of sp³-hybridized carbons (Fsp3) is 0.0667. The third kappa shape index (κ3) is 6.14. The zero-order valence-corrected chi connectivity index (χ0v) is 21.4. The zero-order valence-electron chi connectivity index (χ0n) is 20.6. The number of hydrogen-bond acceptors (Lipinski definition) is 5. The highest BCUT2D eigenvalue weighted by atomic mass is 35.5. The molecule has 0 atom stereocenters. The van der Waals surface area contributed by atoms with Crippen LogP contribution in [0.4, 0.5) is 5.69 Å². The number of aromatic nitrogens is 1. The highest BCUT2D eigenvalue weighted by Crippen LogP contribution is 2.19. The van der Waals surface area contributed by atoms with Gasteiger partial charge in [0.25, 0.3) is 11.8 Å². The molecule has 0 unspecified atom stereocenters. The number of para-hydroxylation sites is 2. The van der Waals surface area contributed by atoms with Crippen molar-refractivity contribution < 1.29 is 14.3 Å². The summed E-state index contributed by atoms with van der Waals surface area (Å²) >= 11 is 5.85. The van der Waals surface area contributed by atoms with Gasteiger partial charge >= 0.3 is 0 Å². The minimum absolute atomic E-state index is 0.0104. The van der Waals surface area contributed by atoms with Crippen LogP contribution in [-0.4, -0.2) is 29.2 Å². The summed E-state index contributed by atoms with van der Waals surface area (Å²) in [5, 5.41) is 8.48. The quantitative estimate of drug-likeness (QED) is 0.165. The lowest BCUT2D eigenvalue weighted by Gasteiger charge is -2.14. The Hall–Kier alpha value is -4.95. The largest absolute Gasteiger partial charge is 0.484 e. The number of hydrogen-bond donors (Lipinski definition) is 2. The lowest BCUT2D eigenvalue weighted by molar-refractivity contribution is -0.121. The van der Waals surface area contributed by atoms with Crippen molar-refractivity contribution in [3.8, 4) is 5.75 Å². The molecule has 0 aliphatic heterocycles. The molecule has 8 nitrogen and oxygen atoms in total. The normalized spacial score (nSPS) is 11.1. The molecule has 4 aromatic carbocycles. The van der Waals surface area contributed by atoms with Gasteiger partial charge in [-0.3, -0.25) is 14.4 Å². The van der Waals surface area contributed by atoms with Crippen molar-refractivity contribution in [2.45, 2.75) is 6.54 Å². The minimum atomic E-state index is -0.336. The fourth-order valence-corrected chi connectivity index (χ4v) is 4.26. The molecule has 0 radical (unpaired) electrons. The monoisotopic (exact) mass is 538 g/mol. The lowest BCUT2D eigenvalue weighted by atomic mass is 10.1. The molecule has 0 spiro atoms. The van der Waals surface area contributed by atoms with Gasteiger partial charge < -0.3 is 14.6 Å². The number of carbonyl (C=O) groups is 2. The maximum Gasteiger partial charge on any atom is 0.262 e. The summed E-state index contributed by atoms with van der Waals surface area (Å²) in [6, 6.07) is 28.2. The first-order chi connectivity index (χ1) is 19.0. The van der Waals surface area contributed by atoms with Gasteiger partial charge in [0.2, 0.25) is 0 Å². The Morgan fingerprint density at radius 1 is 0.821 bits per heavy atom. The van der Waals surface area contributed by atoms with Crippen LogP contribution >= 0.6 is 11.6 Å². The Balaban J connectivity index is 1.18. The molecule has 9 heteroatoms. The highest BCUT2D eigenvalue weighted by molar-refractivity contribution is 6.30. The van der Waals surface area contributed by atoms with Gasteiger partial charge in [-0.1, -0.05) is 35.9 Å². The smallest absolute Gasteiger partial charge is 0.262 e. The third-order valence-electron chi connectivity index (χ3n) is 5.96. The standard InChI is InChI=1S/C30H23ClN4O4/c31-21-11-13-22(14-12-21)33-29(37)19-39-23-15-9-20(10-16-23)17-32-34-28(36)18-35-26-7-3-1-5-24(26)30(38)25-6-2-4-8-27(25)35/h1-17H,18-19H2,(H,33,37)(H,34,36)/b32-17-. The molecule has 1 heterocycles. The van der Waals surface area contributed by atoms with E-state index in [-0.39, 0.29) is 30.4 Å². The number of rotatable bonds is 8. The maximum absolute atomic E-state index is 12.9. The van der Waals surface area contributed by atoms with Crippen molar-refractivity contribution in [1.29, 1.82) is 0 Å². The van der Waals surface area contributed by atoms with Crippen molar-refractivity contribution >= 4 is 57.1 Å². The molecule has 194 valence electrons. The van der Waals surface area contributed by atoms with Gasteiger partial charge in [0.15, 0.2) is 12.0 Å². The second-order valence-electron chi connectivity index (χ2n) is 8.66. The molecule has 0 aliphatic rings. The molecule has 0 saturated carbocycles. The van der Waals surface area contributed by atoms with Gasteiger partial charge in [-0.05, 0) is 78.4 Å². The van der Waals surface area contributed by atoms with Crippen LogP contribution in [0.15, 0.2) is 107 Å². The van der Waals surface area contributed by atoms with E-state index in [1.807, 2.05) is 28.8 Å². The summed E-state index contributed by atoms with van der Waals surface area (Å²) in [5.41, 5.74) is 5.19. The number of carbonyl (C=O) groups excluding carboxylic acids is 2. The molecule has 2 amide bonds. The van der Waals surface area contributed by atoms with E-state index >= 15 is 0 Å². The summed E-state index contributed by atoms with van der Waals surface area (Å²) in [4.78, 5) is 37.7. The van der Waals surface area contributed by atoms with Crippen molar-refractivity contribution in [2.24, 2.45) is 5.10 Å². The van der Waals surface area contributed by atoms with Crippen molar-refractivity contribution in [2.75, 3.05) is 11.9 Å². The molecule has 0 bridgehead atoms. The number of nitrogens with one attached hydrogen (secondary N) is 2. The second kappa shape index (κ2) is 11.6. The number of anilines is 1. The predicted octanol–water partition coefficient (Wildman–Crippen LogP) is 4.98. The summed E-state index contributed by atoms with van der Waals surface area (Å²) < 4.78 is 7.34. The molecule has 2 N–H and O–H groups in total. The molecule has 0 saturated heterocycles. The summed E-state index contributed by atoms with van der Waals surface area (Å²) in [5.74, 6) is -0.120. The molecule has 5 rings (SSSR count). The first-order valence-corrected chi connectivity index (χ1v) is 12.5. The first kappa shape index (κ1) is 25.7. The SMILES string of the molecule is O=C(Cn1c2ccccc2c(=O)c2ccccc21)N/N=C\c1ccc(OCC(=O)Nc2ccc(Cl)cc2)cc1. The van der Waals surface area contributed by atoms with Crippen LogP contribution in [-0.2, 0) is 16.1 Å². The minimum Gasteiger partial charge on any atom is -0.484 e. The molecule has 39 heavy (non-hydrogen) atoms. The third-order valence-corrected chi connectivity index (χ3v) is 6.21. The summed E-state index contributed by atoms with van der Waals surface area (Å²) in [6.07, 6.45) is 1.51. The van der Waals surface area contributed by atoms with Gasteiger partial charge in [0.05, 0.1) is 17.2 Å². The summed E-state index contributed by atoms with van der Waals surface area (Å²) in [6.45, 7) is -0.163. The van der Waals surface area contributed by atoms with E-state index in [9.17, 15) is 14.4 Å². The molecular weight excluding hydrogens is 516 g/mol. The number of pyridine rings is 1. The van der Waals surface area contributed by atoms with Crippen molar-refractivity contribution in [3.63, 3.8) is 0 Å². The van der Waals surface area contributed by atoms with Gasteiger partial charge in [0, 0.05) is 21.5 Å². The van der Waals surface area contributed by atoms with Crippen LogP contribution in [0.25, 0.3) is 21.8 Å². The van der Waals surface area contributed by atoms with E-state index < -0.39 is 0 Å². The van der Waals surface area contributed by atoms with Gasteiger partial charge in [-0.2, -0.15) is 5.10 Å². The Morgan fingerprint density at radius 3 is 2.08 bits per heavy atom. The Morgan fingerprint density at radius 2 is 1.44 bits per heavy atom. The number of halogens is 1. The van der Waals surface area contributed by atoms with Gasteiger partial charge in [-0.25, -0.2) is 5.43 Å². The molecule has 5 aromatic rings. The highest BCUT2D eigenvalue weighted by Gasteiger charge is 2.12. The predicted molar refractivity (Wildman–Crippen MR) is 153 cm³/mol. The van der Waals surface area contributed by atoms with E-state index in [4.69, 9.17) is 16.3 Å². The van der Waals surface area contributed by atoms with Crippen LogP contribution in [0.5, 0.6) is 5.75 Å². The molecule has 0 fully saturated rings. The number of ether oxygens (including phenoxy) is 1. The van der Waals surface area contributed by atoms with E-state index in [1.54, 1.807) is 72.8 Å². The average Bonchev–Trinajstić information content (AvgIpc) is 2.96. The Bertz CT molecular complexity index is 1690. The van der Waals surface area contributed by atoms with Gasteiger partial charge in [0.1, 0.15) is 12.3 Å². The average molecular weight is 539 g/mol. The number of fused-ring (bicyclic) bond motifs is 2. The molecular formula is C30H23ClN4O4. The number of nitrogens with zero attached hydrogens (tertiary/aromatic N) is 2. The zero-order chi connectivity index (χ0) is 27.2. The molecule has 0 aliphatic carbocycles. The lowest BCUT2D eigenvalue weighted by Crippen LogP contribution is -2.25. The fourth-order valence-electron chi connectivity index (χ4n) is 4.13. The Labute approximate surface area is 228 Å². The first-order valence-electron chi connectivity index (χ1n) is 12.1. The second-order valence-corrected chi connectivity index (χ2v) is 9.09. The number of hydrazone groups is 1. The summed E-state index contributed by atoms with van der Waals surface area (Å²) in [7, 11) is 0. The van der Waals surface area contributed by atoms with E-state index in [0.29, 0.717) is 38.3 Å². The molecule has 1 aromatic heterocycles. The number of benzene rings is 4. The van der Waals surface area contributed by atoms with E-state index in [2.05, 4.69) is 15.8 Å². The van der Waals surface area contributed by atoms with Crippen molar-refractivity contribution in [3.05, 3.63) is 118 Å². The van der Waals surface area contributed by atoms with Gasteiger partial charge in [-0.15, -0.1) is 0 Å². The van der Waals surface area contributed by atoms with E-state index in [1.165, 1.54) is 6.21 Å². The van der Waals surface area contributed by atoms with Crippen LogP contribution in [0.3, 0.4) is 0 Å². The number of amides is 2. The van der Waals surface area contributed by atoms with Crippen molar-refractivity contribution in [1.82, 2.24) is 9.99 Å².